The molecule has 3 heterocycles. The molecule has 0 aliphatic carbocycles. The molecular formula is C29H24N4O2. The standard InChI is InChI=1S/C29H24N4O2/c1-32-27-18-31-26-12-9-20(22-15-21-5-3-4-6-25(21)30-17-22)16-24(26)28(27)33(29(32)34)23-10-7-19(8-11-23)13-14-35-2/h3-12,15-18H,13-14H2,1-2H3. The van der Waals surface area contributed by atoms with Gasteiger partial charge in [-0.1, -0.05) is 36.4 Å². The largest absolute Gasteiger partial charge is 0.384 e. The van der Waals surface area contributed by atoms with E-state index in [0.717, 1.165) is 56.1 Å². The number of hydrogen-bond acceptors (Lipinski definition) is 4. The summed E-state index contributed by atoms with van der Waals surface area (Å²) in [6, 6.07) is 24.5. The minimum atomic E-state index is -0.100. The molecule has 35 heavy (non-hydrogen) atoms. The summed E-state index contributed by atoms with van der Waals surface area (Å²) in [4.78, 5) is 22.6. The van der Waals surface area contributed by atoms with Crippen LogP contribution in [0, 0.1) is 0 Å². The zero-order chi connectivity index (χ0) is 23.9. The maximum atomic E-state index is 13.4. The normalized spacial score (nSPS) is 11.6. The Labute approximate surface area is 202 Å². The van der Waals surface area contributed by atoms with Crippen LogP contribution in [-0.4, -0.2) is 32.8 Å². The Balaban J connectivity index is 1.56. The van der Waals surface area contributed by atoms with Gasteiger partial charge in [0.15, 0.2) is 0 Å². The summed E-state index contributed by atoms with van der Waals surface area (Å²) < 4.78 is 8.63. The van der Waals surface area contributed by atoms with Crippen molar-refractivity contribution in [2.24, 2.45) is 7.05 Å². The number of benzene rings is 3. The monoisotopic (exact) mass is 460 g/mol. The third-order valence-corrected chi connectivity index (χ3v) is 6.60. The van der Waals surface area contributed by atoms with Crippen molar-refractivity contribution in [1.82, 2.24) is 19.1 Å². The summed E-state index contributed by atoms with van der Waals surface area (Å²) in [5, 5.41) is 2.01. The maximum Gasteiger partial charge on any atom is 0.333 e. The van der Waals surface area contributed by atoms with Crippen molar-refractivity contribution < 1.29 is 4.74 Å². The lowest BCUT2D eigenvalue weighted by atomic mass is 10.0. The maximum absolute atomic E-state index is 13.4. The number of rotatable bonds is 5. The molecule has 0 saturated heterocycles. The summed E-state index contributed by atoms with van der Waals surface area (Å²) in [5.74, 6) is 0. The van der Waals surface area contributed by atoms with Crippen LogP contribution in [0.4, 0.5) is 0 Å². The molecule has 0 N–H and O–H groups in total. The highest BCUT2D eigenvalue weighted by Gasteiger charge is 2.17. The Bertz CT molecular complexity index is 1760. The van der Waals surface area contributed by atoms with Gasteiger partial charge in [0.05, 0.1) is 40.6 Å². The number of nitrogens with zero attached hydrogens (tertiary/aromatic N) is 4. The molecule has 3 aromatic heterocycles. The lowest BCUT2D eigenvalue weighted by Crippen LogP contribution is -2.20. The van der Waals surface area contributed by atoms with E-state index in [1.54, 1.807) is 29.5 Å². The second-order valence-corrected chi connectivity index (χ2v) is 8.73. The van der Waals surface area contributed by atoms with E-state index in [1.807, 2.05) is 42.6 Å². The van der Waals surface area contributed by atoms with Crippen molar-refractivity contribution in [3.05, 3.63) is 101 Å². The van der Waals surface area contributed by atoms with E-state index < -0.39 is 0 Å². The van der Waals surface area contributed by atoms with Gasteiger partial charge in [-0.15, -0.1) is 0 Å². The third-order valence-electron chi connectivity index (χ3n) is 6.60. The number of aryl methyl sites for hydroxylation is 1. The predicted octanol–water partition coefficient (Wildman–Crippen LogP) is 5.28. The summed E-state index contributed by atoms with van der Waals surface area (Å²) in [6.07, 6.45) is 4.50. The lowest BCUT2D eigenvalue weighted by Gasteiger charge is -2.09. The van der Waals surface area contributed by atoms with Gasteiger partial charge in [0.2, 0.25) is 0 Å². The highest BCUT2D eigenvalue weighted by atomic mass is 16.5. The average molecular weight is 461 g/mol. The SMILES string of the molecule is COCCc1ccc(-n2c(=O)n(C)c3cnc4ccc(-c5cnc6ccccc6c5)cc4c32)cc1. The predicted molar refractivity (Wildman–Crippen MR) is 140 cm³/mol. The summed E-state index contributed by atoms with van der Waals surface area (Å²) in [6.45, 7) is 0.663. The molecule has 0 fully saturated rings. The number of para-hydroxylation sites is 1. The molecule has 0 spiro atoms. The smallest absolute Gasteiger partial charge is 0.333 e. The molecule has 0 aliphatic heterocycles. The zero-order valence-electron chi connectivity index (χ0n) is 19.6. The van der Waals surface area contributed by atoms with Crippen LogP contribution < -0.4 is 5.69 Å². The number of methoxy groups -OCH3 is 1. The number of imidazole rings is 1. The van der Waals surface area contributed by atoms with Crippen molar-refractivity contribution in [2.75, 3.05) is 13.7 Å². The van der Waals surface area contributed by atoms with E-state index in [9.17, 15) is 4.79 Å². The first kappa shape index (κ1) is 21.3. The third kappa shape index (κ3) is 3.59. The molecule has 0 aliphatic rings. The van der Waals surface area contributed by atoms with Crippen LogP contribution in [0.5, 0.6) is 0 Å². The Morgan fingerprint density at radius 2 is 1.66 bits per heavy atom. The van der Waals surface area contributed by atoms with E-state index in [4.69, 9.17) is 4.74 Å². The van der Waals surface area contributed by atoms with Gasteiger partial charge in [0.1, 0.15) is 0 Å². The van der Waals surface area contributed by atoms with Crippen LogP contribution in [0.25, 0.3) is 49.7 Å². The average Bonchev–Trinajstić information content (AvgIpc) is 3.17. The molecule has 0 atom stereocenters. The van der Waals surface area contributed by atoms with Gasteiger partial charge in [-0.2, -0.15) is 0 Å². The van der Waals surface area contributed by atoms with Crippen molar-refractivity contribution in [2.45, 2.75) is 6.42 Å². The Hall–Kier alpha value is -4.29. The highest BCUT2D eigenvalue weighted by molar-refractivity contribution is 6.04. The second-order valence-electron chi connectivity index (χ2n) is 8.73. The minimum absolute atomic E-state index is 0.100. The number of fused-ring (bicyclic) bond motifs is 4. The molecule has 6 rings (SSSR count). The lowest BCUT2D eigenvalue weighted by molar-refractivity contribution is 0.202. The molecule has 6 nitrogen and oxygen atoms in total. The molecule has 6 aromatic rings. The number of ether oxygens (including phenoxy) is 1. The molecule has 3 aromatic carbocycles. The van der Waals surface area contributed by atoms with E-state index in [-0.39, 0.29) is 5.69 Å². The van der Waals surface area contributed by atoms with Crippen molar-refractivity contribution in [1.29, 1.82) is 0 Å². The van der Waals surface area contributed by atoms with Gasteiger partial charge in [-0.05, 0) is 53.9 Å². The van der Waals surface area contributed by atoms with Gasteiger partial charge >= 0.3 is 5.69 Å². The fraction of sp³-hybridized carbons (Fsp3) is 0.138. The number of aromatic nitrogens is 4. The van der Waals surface area contributed by atoms with Crippen LogP contribution >= 0.6 is 0 Å². The second kappa shape index (κ2) is 8.49. The van der Waals surface area contributed by atoms with E-state index in [0.29, 0.717) is 6.61 Å². The first-order valence-electron chi connectivity index (χ1n) is 11.6. The number of pyridine rings is 2. The minimum Gasteiger partial charge on any atom is -0.384 e. The highest BCUT2D eigenvalue weighted by Crippen LogP contribution is 2.30. The van der Waals surface area contributed by atoms with Gasteiger partial charge in [-0.25, -0.2) is 4.79 Å². The fourth-order valence-corrected chi connectivity index (χ4v) is 4.68. The Morgan fingerprint density at radius 1 is 0.857 bits per heavy atom. The number of hydrogen-bond donors (Lipinski definition) is 0. The van der Waals surface area contributed by atoms with E-state index >= 15 is 0 Å². The molecule has 172 valence electrons. The quantitative estimate of drug-likeness (QED) is 0.351. The van der Waals surface area contributed by atoms with Crippen molar-refractivity contribution in [3.8, 4) is 16.8 Å². The van der Waals surface area contributed by atoms with Crippen molar-refractivity contribution >= 4 is 32.8 Å². The first-order chi connectivity index (χ1) is 17.1. The van der Waals surface area contributed by atoms with Gasteiger partial charge in [0, 0.05) is 36.7 Å². The van der Waals surface area contributed by atoms with Crippen LogP contribution in [0.1, 0.15) is 5.56 Å². The van der Waals surface area contributed by atoms with E-state index in [2.05, 4.69) is 46.4 Å². The fourth-order valence-electron chi connectivity index (χ4n) is 4.68. The van der Waals surface area contributed by atoms with Crippen molar-refractivity contribution in [3.63, 3.8) is 0 Å². The van der Waals surface area contributed by atoms with Gasteiger partial charge < -0.3 is 4.74 Å². The molecule has 0 amide bonds. The van der Waals surface area contributed by atoms with Crippen LogP contribution in [0.3, 0.4) is 0 Å². The van der Waals surface area contributed by atoms with Crippen LogP contribution in [0.2, 0.25) is 0 Å². The summed E-state index contributed by atoms with van der Waals surface area (Å²) in [5.41, 5.74) is 7.39. The molecule has 0 saturated carbocycles. The Kier molecular flexibility index (Phi) is 5.16. The Morgan fingerprint density at radius 3 is 2.49 bits per heavy atom. The first-order valence-corrected chi connectivity index (χ1v) is 11.6. The van der Waals surface area contributed by atoms with E-state index in [1.165, 1.54) is 5.56 Å². The van der Waals surface area contributed by atoms with Gasteiger partial charge in [0.25, 0.3) is 0 Å². The topological polar surface area (TPSA) is 61.9 Å². The summed E-state index contributed by atoms with van der Waals surface area (Å²) >= 11 is 0. The summed E-state index contributed by atoms with van der Waals surface area (Å²) in [7, 11) is 3.49. The molecule has 6 heteroatoms. The molecular weight excluding hydrogens is 436 g/mol. The van der Waals surface area contributed by atoms with Crippen LogP contribution in [0.15, 0.2) is 90.0 Å². The van der Waals surface area contributed by atoms with Gasteiger partial charge in [-0.3, -0.25) is 19.1 Å². The molecule has 0 radical (unpaired) electrons. The van der Waals surface area contributed by atoms with Crippen LogP contribution in [-0.2, 0) is 18.2 Å². The molecule has 0 bridgehead atoms. The molecule has 0 unspecified atom stereocenters. The zero-order valence-corrected chi connectivity index (χ0v) is 19.6.